The molecule has 0 N–H and O–H groups in total. The Balaban J connectivity index is 2.53. The summed E-state index contributed by atoms with van der Waals surface area (Å²) in [6.07, 6.45) is 4.04. The molecule has 0 saturated carbocycles. The fraction of sp³-hybridized carbons (Fsp3) is 0.400. The van der Waals surface area contributed by atoms with E-state index in [1.54, 1.807) is 24.3 Å². The van der Waals surface area contributed by atoms with Crippen LogP contribution in [0.2, 0.25) is 0 Å². The van der Waals surface area contributed by atoms with Crippen LogP contribution in [0.1, 0.15) is 89.6 Å². The minimum atomic E-state index is -0.710. The summed E-state index contributed by atoms with van der Waals surface area (Å²) in [6, 6.07) is 14.4. The fourth-order valence-electron chi connectivity index (χ4n) is 3.26. The van der Waals surface area contributed by atoms with Gasteiger partial charge in [0.15, 0.2) is 0 Å². The van der Waals surface area contributed by atoms with Gasteiger partial charge in [0.1, 0.15) is 23.7 Å². The average Bonchev–Trinajstić information content (AvgIpc) is 2.83. The van der Waals surface area contributed by atoms with Gasteiger partial charge in [-0.2, -0.15) is 0 Å². The molecule has 0 fully saturated rings. The molecule has 0 aromatic heterocycles. The molecule has 2 rings (SSSR count). The van der Waals surface area contributed by atoms with Gasteiger partial charge in [-0.05, 0) is 25.0 Å². The van der Waals surface area contributed by atoms with E-state index in [0.29, 0.717) is 22.6 Å². The second-order valence-corrected chi connectivity index (χ2v) is 8.01. The lowest BCUT2D eigenvalue weighted by atomic mass is 10.0. The maximum absolute atomic E-state index is 11.7. The van der Waals surface area contributed by atoms with Crippen LogP contribution < -0.4 is 9.47 Å². The summed E-state index contributed by atoms with van der Waals surface area (Å²) >= 11 is 0. The molecule has 2 unspecified atom stereocenters. The first-order chi connectivity index (χ1) is 17.0. The normalized spacial score (nSPS) is 11.8. The number of carbonyl (C=O) groups is 2. The Morgan fingerprint density at radius 2 is 1.11 bits per heavy atom. The van der Waals surface area contributed by atoms with Crippen LogP contribution in [-0.4, -0.2) is 11.9 Å². The Morgan fingerprint density at radius 1 is 0.714 bits per heavy atom. The molecule has 0 bridgehead atoms. The first-order valence-corrected chi connectivity index (χ1v) is 12.1. The molecule has 2 aromatic carbocycles. The van der Waals surface area contributed by atoms with Crippen LogP contribution >= 0.6 is 0 Å². The molecule has 35 heavy (non-hydrogen) atoms. The molecule has 0 aliphatic rings. The summed E-state index contributed by atoms with van der Waals surface area (Å²) in [6.45, 7) is 6.94. The van der Waals surface area contributed by atoms with Crippen molar-refractivity contribution in [1.29, 1.82) is 0 Å². The highest BCUT2D eigenvalue weighted by atomic mass is 16.5. The van der Waals surface area contributed by atoms with Gasteiger partial charge in [-0.15, -0.1) is 11.8 Å². The van der Waals surface area contributed by atoms with E-state index in [2.05, 4.69) is 37.5 Å². The van der Waals surface area contributed by atoms with Gasteiger partial charge >= 0.3 is 11.9 Å². The van der Waals surface area contributed by atoms with Gasteiger partial charge in [0, 0.05) is 37.8 Å². The van der Waals surface area contributed by atoms with Crippen molar-refractivity contribution >= 4 is 11.9 Å². The third-order valence-corrected chi connectivity index (χ3v) is 4.96. The average molecular weight is 475 g/mol. The molecular formula is C30H34O5. The molecule has 0 heterocycles. The summed E-state index contributed by atoms with van der Waals surface area (Å²) in [5.41, 5.74) is 1.27. The molecule has 0 aliphatic heterocycles. The quantitative estimate of drug-likeness (QED) is 0.165. The fourth-order valence-corrected chi connectivity index (χ4v) is 3.26. The molecule has 0 radical (unpaired) electrons. The molecule has 0 spiro atoms. The molecular weight excluding hydrogens is 440 g/mol. The van der Waals surface area contributed by atoms with Crippen LogP contribution in [0.15, 0.2) is 48.5 Å². The lowest BCUT2D eigenvalue weighted by Gasteiger charge is -2.22. The number of carbonyl (C=O) groups excluding carboxylic acids is 2. The lowest BCUT2D eigenvalue weighted by molar-refractivity contribution is -0.132. The van der Waals surface area contributed by atoms with Crippen molar-refractivity contribution in [3.05, 3.63) is 59.7 Å². The SMILES string of the molecule is CCCCC#CC(OC(C#CCCCC)c1ccccc1OC(C)=O)c1ccccc1OC(C)=O. The van der Waals surface area contributed by atoms with Gasteiger partial charge in [0.25, 0.3) is 0 Å². The highest BCUT2D eigenvalue weighted by Gasteiger charge is 2.23. The number of benzene rings is 2. The molecule has 0 amide bonds. The Hall–Kier alpha value is -3.54. The van der Waals surface area contributed by atoms with Gasteiger partial charge in [-0.1, -0.05) is 74.9 Å². The van der Waals surface area contributed by atoms with Gasteiger partial charge in [0.05, 0.1) is 0 Å². The zero-order chi connectivity index (χ0) is 25.5. The largest absolute Gasteiger partial charge is 0.426 e. The third-order valence-electron chi connectivity index (χ3n) is 4.96. The van der Waals surface area contributed by atoms with Crippen LogP contribution in [-0.2, 0) is 14.3 Å². The van der Waals surface area contributed by atoms with Crippen molar-refractivity contribution in [2.24, 2.45) is 0 Å². The predicted octanol–water partition coefficient (Wildman–Crippen LogP) is 6.72. The van der Waals surface area contributed by atoms with Crippen LogP contribution in [0.3, 0.4) is 0 Å². The number of rotatable bonds is 10. The van der Waals surface area contributed by atoms with Gasteiger partial charge < -0.3 is 14.2 Å². The zero-order valence-corrected chi connectivity index (χ0v) is 21.1. The monoisotopic (exact) mass is 474 g/mol. The van der Waals surface area contributed by atoms with Crippen molar-refractivity contribution in [3.8, 4) is 35.2 Å². The summed E-state index contributed by atoms with van der Waals surface area (Å²) in [5, 5.41) is 0. The smallest absolute Gasteiger partial charge is 0.308 e. The highest BCUT2D eigenvalue weighted by molar-refractivity contribution is 5.70. The Bertz CT molecular complexity index is 1010. The van der Waals surface area contributed by atoms with E-state index in [4.69, 9.17) is 14.2 Å². The second kappa shape index (κ2) is 15.4. The van der Waals surface area contributed by atoms with Gasteiger partial charge in [0.2, 0.25) is 0 Å². The molecule has 184 valence electrons. The first kappa shape index (κ1) is 27.7. The Kier molecular flexibility index (Phi) is 12.2. The molecule has 2 aromatic rings. The summed E-state index contributed by atoms with van der Waals surface area (Å²) in [7, 11) is 0. The maximum atomic E-state index is 11.7. The standard InChI is InChI=1S/C30H34O5/c1-5-7-9-11-19-29(25-17-13-15-21-27(25)33-23(3)31)35-30(20-12-10-8-6-2)26-18-14-16-22-28(26)34-24(4)32/h13-18,21-22,29-30H,5-10H2,1-4H3. The van der Waals surface area contributed by atoms with Gasteiger partial charge in [-0.25, -0.2) is 0 Å². The maximum Gasteiger partial charge on any atom is 0.308 e. The Morgan fingerprint density at radius 3 is 1.49 bits per heavy atom. The zero-order valence-electron chi connectivity index (χ0n) is 21.1. The van der Waals surface area contributed by atoms with Gasteiger partial charge in [-0.3, -0.25) is 9.59 Å². The molecule has 0 aliphatic carbocycles. The van der Waals surface area contributed by atoms with Crippen LogP contribution in [0, 0.1) is 23.7 Å². The van der Waals surface area contributed by atoms with E-state index < -0.39 is 24.1 Å². The third kappa shape index (κ3) is 9.69. The summed E-state index contributed by atoms with van der Waals surface area (Å²) < 4.78 is 17.4. The van der Waals surface area contributed by atoms with Crippen LogP contribution in [0.25, 0.3) is 0 Å². The number of unbranched alkanes of at least 4 members (excludes halogenated alkanes) is 4. The topological polar surface area (TPSA) is 61.8 Å². The molecule has 2 atom stereocenters. The van der Waals surface area contributed by atoms with Crippen molar-refractivity contribution in [2.45, 2.75) is 78.4 Å². The predicted molar refractivity (Wildman–Crippen MR) is 137 cm³/mol. The number of para-hydroxylation sites is 2. The minimum Gasteiger partial charge on any atom is -0.426 e. The summed E-state index contributed by atoms with van der Waals surface area (Å²) in [5.74, 6) is 12.7. The number of ether oxygens (including phenoxy) is 3. The first-order valence-electron chi connectivity index (χ1n) is 12.1. The van der Waals surface area contributed by atoms with E-state index in [1.807, 2.05) is 24.3 Å². The van der Waals surface area contributed by atoms with Crippen molar-refractivity contribution in [2.75, 3.05) is 0 Å². The number of hydrogen-bond donors (Lipinski definition) is 0. The van der Waals surface area contributed by atoms with E-state index in [0.717, 1.165) is 38.5 Å². The van der Waals surface area contributed by atoms with E-state index >= 15 is 0 Å². The summed E-state index contributed by atoms with van der Waals surface area (Å²) in [4.78, 5) is 23.4. The van der Waals surface area contributed by atoms with Crippen LogP contribution in [0.5, 0.6) is 11.5 Å². The van der Waals surface area contributed by atoms with Crippen molar-refractivity contribution < 1.29 is 23.8 Å². The van der Waals surface area contributed by atoms with E-state index in [1.165, 1.54) is 13.8 Å². The second-order valence-electron chi connectivity index (χ2n) is 8.01. The molecule has 0 saturated heterocycles. The van der Waals surface area contributed by atoms with Crippen molar-refractivity contribution in [3.63, 3.8) is 0 Å². The van der Waals surface area contributed by atoms with E-state index in [9.17, 15) is 9.59 Å². The molecule has 5 nitrogen and oxygen atoms in total. The van der Waals surface area contributed by atoms with Crippen LogP contribution in [0.4, 0.5) is 0 Å². The Labute approximate surface area is 209 Å². The number of hydrogen-bond acceptors (Lipinski definition) is 5. The molecule has 5 heteroatoms. The lowest BCUT2D eigenvalue weighted by Crippen LogP contribution is -2.13. The minimum absolute atomic E-state index is 0.390. The number of esters is 2. The van der Waals surface area contributed by atoms with E-state index in [-0.39, 0.29) is 0 Å². The highest BCUT2D eigenvalue weighted by Crippen LogP contribution is 2.35. The van der Waals surface area contributed by atoms with Crippen molar-refractivity contribution in [1.82, 2.24) is 0 Å².